The zero-order chi connectivity index (χ0) is 25.4. The molecule has 1 heterocycles. The minimum absolute atomic E-state index is 0.0860. The van der Waals surface area contributed by atoms with Gasteiger partial charge in [-0.1, -0.05) is 75.7 Å². The topological polar surface area (TPSA) is 94.1 Å². The van der Waals surface area contributed by atoms with Crippen molar-refractivity contribution in [2.24, 2.45) is 17.8 Å². The Bertz CT molecular complexity index is 1070. The van der Waals surface area contributed by atoms with E-state index in [-0.39, 0.29) is 18.6 Å². The van der Waals surface area contributed by atoms with Crippen LogP contribution in [0.15, 0.2) is 48.5 Å². The van der Waals surface area contributed by atoms with Crippen LogP contribution in [0.5, 0.6) is 0 Å². The molecule has 1 saturated heterocycles. The molecule has 1 saturated carbocycles. The number of alkyl carbamates (subject to hydrolysis) is 1. The zero-order valence-electron chi connectivity index (χ0n) is 21.1. The molecule has 2 fully saturated rings. The van der Waals surface area contributed by atoms with E-state index in [0.29, 0.717) is 17.8 Å². The van der Waals surface area contributed by atoms with Gasteiger partial charge in [-0.15, -0.1) is 0 Å². The first-order valence-corrected chi connectivity index (χ1v) is 13.0. The third kappa shape index (κ3) is 4.74. The summed E-state index contributed by atoms with van der Waals surface area (Å²) >= 11 is 0. The molecular weight excluding hydrogens is 458 g/mol. The minimum Gasteiger partial charge on any atom is -0.449 e. The SMILES string of the molecule is CC(C)[C@@H]1CC[C@@H](C)CC1O[C@@H]1OC(=O)[C@@H](O)[C@H]1NC(=O)OCC1c2ccccc2-c2ccccc21. The van der Waals surface area contributed by atoms with E-state index in [1.165, 1.54) is 0 Å². The van der Waals surface area contributed by atoms with E-state index in [0.717, 1.165) is 41.5 Å². The molecule has 2 aliphatic carbocycles. The van der Waals surface area contributed by atoms with Crippen LogP contribution in [0.3, 0.4) is 0 Å². The Morgan fingerprint density at radius 2 is 1.72 bits per heavy atom. The van der Waals surface area contributed by atoms with Gasteiger partial charge < -0.3 is 24.6 Å². The molecule has 0 aromatic heterocycles. The molecule has 0 spiro atoms. The second-order valence-electron chi connectivity index (χ2n) is 10.7. The monoisotopic (exact) mass is 493 g/mol. The number of cyclic esters (lactones) is 1. The maximum Gasteiger partial charge on any atom is 0.407 e. The van der Waals surface area contributed by atoms with E-state index < -0.39 is 30.5 Å². The predicted molar refractivity (Wildman–Crippen MR) is 134 cm³/mol. The summed E-state index contributed by atoms with van der Waals surface area (Å²) in [6.45, 7) is 6.66. The normalized spacial score (nSPS) is 29.5. The lowest BCUT2D eigenvalue weighted by molar-refractivity contribution is -0.190. The number of nitrogens with one attached hydrogen (secondary N) is 1. The molecule has 3 aliphatic rings. The number of hydrogen-bond acceptors (Lipinski definition) is 6. The van der Waals surface area contributed by atoms with Gasteiger partial charge in [-0.05, 0) is 52.8 Å². The molecule has 192 valence electrons. The van der Waals surface area contributed by atoms with Crippen molar-refractivity contribution in [3.8, 4) is 11.1 Å². The van der Waals surface area contributed by atoms with E-state index in [2.05, 4.69) is 50.4 Å². The molecule has 0 bridgehead atoms. The smallest absolute Gasteiger partial charge is 0.407 e. The van der Waals surface area contributed by atoms with E-state index in [4.69, 9.17) is 14.2 Å². The molecule has 1 aliphatic heterocycles. The summed E-state index contributed by atoms with van der Waals surface area (Å²) in [7, 11) is 0. The van der Waals surface area contributed by atoms with Crippen molar-refractivity contribution >= 4 is 12.1 Å². The summed E-state index contributed by atoms with van der Waals surface area (Å²) in [5.41, 5.74) is 4.50. The third-order valence-corrected chi connectivity index (χ3v) is 8.01. The Labute approximate surface area is 212 Å². The van der Waals surface area contributed by atoms with Crippen molar-refractivity contribution in [1.29, 1.82) is 0 Å². The van der Waals surface area contributed by atoms with Gasteiger partial charge in [-0.2, -0.15) is 0 Å². The fraction of sp³-hybridized carbons (Fsp3) is 0.517. The number of benzene rings is 2. The highest BCUT2D eigenvalue weighted by atomic mass is 16.7. The van der Waals surface area contributed by atoms with Crippen LogP contribution in [0.2, 0.25) is 0 Å². The number of ether oxygens (including phenoxy) is 3. The summed E-state index contributed by atoms with van der Waals surface area (Å²) in [5, 5.41) is 13.1. The Hall–Kier alpha value is -2.90. The number of hydrogen-bond donors (Lipinski definition) is 2. The quantitative estimate of drug-likeness (QED) is 0.571. The van der Waals surface area contributed by atoms with Crippen LogP contribution in [0.4, 0.5) is 4.79 Å². The van der Waals surface area contributed by atoms with E-state index in [9.17, 15) is 14.7 Å². The molecule has 7 nitrogen and oxygen atoms in total. The minimum atomic E-state index is -1.51. The van der Waals surface area contributed by atoms with Gasteiger partial charge in [0.25, 0.3) is 0 Å². The first-order chi connectivity index (χ1) is 17.3. The van der Waals surface area contributed by atoms with Crippen LogP contribution in [-0.4, -0.2) is 48.3 Å². The van der Waals surface area contributed by atoms with Gasteiger partial charge in [0.05, 0.1) is 6.10 Å². The number of carbonyl (C=O) groups is 2. The molecule has 5 rings (SSSR count). The fourth-order valence-electron chi connectivity index (χ4n) is 6.03. The maximum absolute atomic E-state index is 12.8. The van der Waals surface area contributed by atoms with Crippen LogP contribution in [0.1, 0.15) is 57.1 Å². The van der Waals surface area contributed by atoms with Gasteiger partial charge in [0.2, 0.25) is 6.29 Å². The average molecular weight is 494 g/mol. The van der Waals surface area contributed by atoms with Crippen molar-refractivity contribution in [3.63, 3.8) is 0 Å². The fourth-order valence-corrected chi connectivity index (χ4v) is 6.03. The molecule has 1 unspecified atom stereocenters. The first-order valence-electron chi connectivity index (χ1n) is 13.0. The molecule has 2 aromatic rings. The molecule has 7 heteroatoms. The van der Waals surface area contributed by atoms with Crippen LogP contribution in [-0.2, 0) is 19.0 Å². The summed E-state index contributed by atoms with van der Waals surface area (Å²) in [6, 6.07) is 15.2. The molecular formula is C29H35NO6. The molecule has 2 aromatic carbocycles. The van der Waals surface area contributed by atoms with Gasteiger partial charge in [0.1, 0.15) is 12.6 Å². The van der Waals surface area contributed by atoms with E-state index >= 15 is 0 Å². The highest BCUT2D eigenvalue weighted by Crippen LogP contribution is 2.44. The Balaban J connectivity index is 1.25. The zero-order valence-corrected chi connectivity index (χ0v) is 21.1. The van der Waals surface area contributed by atoms with Gasteiger partial charge >= 0.3 is 12.1 Å². The Morgan fingerprint density at radius 3 is 2.36 bits per heavy atom. The second kappa shape index (κ2) is 10.2. The van der Waals surface area contributed by atoms with Crippen LogP contribution in [0, 0.1) is 17.8 Å². The highest BCUT2D eigenvalue weighted by molar-refractivity contribution is 5.80. The van der Waals surface area contributed by atoms with E-state index in [1.54, 1.807) is 0 Å². The number of rotatable bonds is 6. The molecule has 0 radical (unpaired) electrons. The van der Waals surface area contributed by atoms with Crippen LogP contribution in [0.25, 0.3) is 11.1 Å². The predicted octanol–water partition coefficient (Wildman–Crippen LogP) is 4.61. The number of carbonyl (C=O) groups excluding carboxylic acids is 2. The molecule has 2 N–H and O–H groups in total. The van der Waals surface area contributed by atoms with Crippen molar-refractivity contribution in [3.05, 3.63) is 59.7 Å². The largest absolute Gasteiger partial charge is 0.449 e. The number of fused-ring (bicyclic) bond motifs is 3. The summed E-state index contributed by atoms with van der Waals surface area (Å²) in [5.74, 6) is 0.359. The van der Waals surface area contributed by atoms with Crippen molar-refractivity contribution < 1.29 is 28.9 Å². The van der Waals surface area contributed by atoms with Crippen LogP contribution < -0.4 is 5.32 Å². The van der Waals surface area contributed by atoms with Crippen LogP contribution >= 0.6 is 0 Å². The summed E-state index contributed by atoms with van der Waals surface area (Å²) in [4.78, 5) is 25.0. The third-order valence-electron chi connectivity index (χ3n) is 8.01. The van der Waals surface area contributed by atoms with E-state index in [1.807, 2.05) is 24.3 Å². The Kier molecular flexibility index (Phi) is 7.04. The molecule has 6 atom stereocenters. The van der Waals surface area contributed by atoms with Crippen molar-refractivity contribution in [2.75, 3.05) is 6.61 Å². The lowest BCUT2D eigenvalue weighted by Crippen LogP contribution is -2.50. The number of esters is 1. The lowest BCUT2D eigenvalue weighted by atomic mass is 9.75. The number of amides is 1. The first kappa shape index (κ1) is 24.8. The number of aliphatic hydroxyl groups excluding tert-OH is 1. The Morgan fingerprint density at radius 1 is 1.08 bits per heavy atom. The molecule has 36 heavy (non-hydrogen) atoms. The maximum atomic E-state index is 12.8. The van der Waals surface area contributed by atoms with Crippen molar-refractivity contribution in [1.82, 2.24) is 5.32 Å². The summed E-state index contributed by atoms with van der Waals surface area (Å²) in [6.07, 6.45) is -0.355. The van der Waals surface area contributed by atoms with Gasteiger partial charge in [-0.3, -0.25) is 0 Å². The highest BCUT2D eigenvalue weighted by Gasteiger charge is 2.48. The van der Waals surface area contributed by atoms with Crippen molar-refractivity contribution in [2.45, 2.75) is 70.5 Å². The second-order valence-corrected chi connectivity index (χ2v) is 10.7. The van der Waals surface area contributed by atoms with Gasteiger partial charge in [0.15, 0.2) is 6.10 Å². The van der Waals surface area contributed by atoms with Gasteiger partial charge in [-0.25, -0.2) is 9.59 Å². The lowest BCUT2D eigenvalue weighted by Gasteiger charge is -2.38. The van der Waals surface area contributed by atoms with Gasteiger partial charge in [0, 0.05) is 5.92 Å². The number of aliphatic hydroxyl groups is 1. The molecule has 1 amide bonds. The standard InChI is InChI=1S/C29H35NO6/c1-16(2)18-13-12-17(3)14-24(18)35-28-25(26(31)27(32)36-28)30-29(33)34-15-23-21-10-6-4-8-19(21)20-9-5-7-11-22(20)23/h4-11,16-18,23-26,28,31H,12-15H2,1-3H3,(H,30,33)/t17-,18+,24?,25-,26+,28-/m1/s1. The summed E-state index contributed by atoms with van der Waals surface area (Å²) < 4.78 is 17.2. The average Bonchev–Trinajstić information content (AvgIpc) is 3.31.